The van der Waals surface area contributed by atoms with Gasteiger partial charge in [0.25, 0.3) is 5.91 Å². The Balaban J connectivity index is 2.09. The van der Waals surface area contributed by atoms with Crippen molar-refractivity contribution in [2.45, 2.75) is 16.9 Å². The Labute approximate surface area is 159 Å². The minimum Gasteiger partial charge on any atom is -0.462 e. The first-order chi connectivity index (χ1) is 11.8. The number of benzene rings is 1. The maximum absolute atomic E-state index is 12.1. The second kappa shape index (κ2) is 8.47. The molecule has 25 heavy (non-hydrogen) atoms. The van der Waals surface area contributed by atoms with Crippen molar-refractivity contribution >= 4 is 52.4 Å². The zero-order chi connectivity index (χ0) is 18.4. The maximum Gasteiger partial charge on any atom is 0.338 e. The van der Waals surface area contributed by atoms with E-state index in [1.165, 1.54) is 12.3 Å². The Hall–Kier alpha value is -1.89. The summed E-state index contributed by atoms with van der Waals surface area (Å²) in [4.78, 5) is 23.7. The van der Waals surface area contributed by atoms with E-state index in [-0.39, 0.29) is 12.4 Å². The Kier molecular flexibility index (Phi) is 6.58. The zero-order valence-electron chi connectivity index (χ0n) is 13.1. The monoisotopic (exact) mass is 404 g/mol. The molecule has 2 rings (SSSR count). The fraction of sp³-hybridized carbons (Fsp3) is 0.250. The summed E-state index contributed by atoms with van der Waals surface area (Å²) in [6.45, 7) is 2.01. The van der Waals surface area contributed by atoms with Crippen LogP contribution in [0.4, 0.5) is 5.69 Å². The van der Waals surface area contributed by atoms with Crippen molar-refractivity contribution in [3.8, 4) is 0 Å². The maximum atomic E-state index is 12.1. The Morgan fingerprint density at radius 1 is 1.20 bits per heavy atom. The van der Waals surface area contributed by atoms with E-state index in [0.29, 0.717) is 11.3 Å². The summed E-state index contributed by atoms with van der Waals surface area (Å²) < 4.78 is 8.08. The lowest BCUT2D eigenvalue weighted by molar-refractivity contribution is 0.0526. The minimum absolute atomic E-state index is 0.0821. The number of halogens is 3. The van der Waals surface area contributed by atoms with Crippen molar-refractivity contribution in [3.05, 3.63) is 54.0 Å². The van der Waals surface area contributed by atoms with E-state index < -0.39 is 21.8 Å². The van der Waals surface area contributed by atoms with E-state index in [9.17, 15) is 9.59 Å². The van der Waals surface area contributed by atoms with Gasteiger partial charge in [0.1, 0.15) is 6.17 Å². The highest BCUT2D eigenvalue weighted by Gasteiger charge is 2.34. The Morgan fingerprint density at radius 2 is 1.88 bits per heavy atom. The number of rotatable bonds is 6. The first-order valence-corrected chi connectivity index (χ1v) is 8.39. The number of hydrogen-bond acceptors (Lipinski definition) is 5. The topological polar surface area (TPSA) is 80.6 Å². The Morgan fingerprint density at radius 3 is 2.40 bits per heavy atom. The van der Waals surface area contributed by atoms with Gasteiger partial charge in [-0.15, -0.1) is 0 Å². The summed E-state index contributed by atoms with van der Waals surface area (Å²) in [5.74, 6) is -0.895. The van der Waals surface area contributed by atoms with Gasteiger partial charge >= 0.3 is 5.97 Å². The van der Waals surface area contributed by atoms with E-state index in [1.54, 1.807) is 37.3 Å². The summed E-state index contributed by atoms with van der Waals surface area (Å²) in [6.07, 6.45) is 0.324. The molecule has 0 saturated carbocycles. The number of ether oxygens (including phenoxy) is 1. The van der Waals surface area contributed by atoms with Crippen LogP contribution in [0.1, 0.15) is 27.8 Å². The molecule has 0 aliphatic heterocycles. The van der Waals surface area contributed by atoms with Gasteiger partial charge in [-0.3, -0.25) is 4.79 Å². The van der Waals surface area contributed by atoms with Crippen LogP contribution in [0.15, 0.2) is 47.1 Å². The van der Waals surface area contributed by atoms with Gasteiger partial charge in [-0.1, -0.05) is 34.8 Å². The quantitative estimate of drug-likeness (QED) is 0.431. The van der Waals surface area contributed by atoms with Gasteiger partial charge < -0.3 is 19.8 Å². The van der Waals surface area contributed by atoms with Gasteiger partial charge in [-0.05, 0) is 43.3 Å². The van der Waals surface area contributed by atoms with Crippen molar-refractivity contribution in [3.63, 3.8) is 0 Å². The average Bonchev–Trinajstić information content (AvgIpc) is 3.08. The van der Waals surface area contributed by atoms with Gasteiger partial charge in [0.2, 0.25) is 3.79 Å². The molecule has 0 spiro atoms. The third-order valence-electron chi connectivity index (χ3n) is 3.05. The third kappa shape index (κ3) is 5.56. The number of amides is 1. The second-order valence-corrected chi connectivity index (χ2v) is 7.24. The van der Waals surface area contributed by atoms with E-state index in [1.807, 2.05) is 0 Å². The van der Waals surface area contributed by atoms with Crippen molar-refractivity contribution in [2.75, 3.05) is 11.9 Å². The number of carbonyl (C=O) groups excluding carboxylic acids is 2. The Bertz CT molecular complexity index is 712. The molecule has 0 bridgehead atoms. The lowest BCUT2D eigenvalue weighted by Gasteiger charge is -2.27. The molecule has 0 radical (unpaired) electrons. The first-order valence-electron chi connectivity index (χ1n) is 7.26. The predicted molar refractivity (Wildman–Crippen MR) is 96.3 cm³/mol. The average molecular weight is 406 g/mol. The number of nitrogens with one attached hydrogen (secondary N) is 2. The fourth-order valence-electron chi connectivity index (χ4n) is 1.89. The van der Waals surface area contributed by atoms with Gasteiger partial charge in [-0.25, -0.2) is 4.79 Å². The van der Waals surface area contributed by atoms with Gasteiger partial charge in [0, 0.05) is 5.69 Å². The molecule has 1 atom stereocenters. The molecule has 134 valence electrons. The molecule has 1 heterocycles. The molecule has 1 aromatic carbocycles. The molecule has 1 amide bonds. The van der Waals surface area contributed by atoms with Gasteiger partial charge in [0.05, 0.1) is 18.4 Å². The molecule has 0 aliphatic rings. The van der Waals surface area contributed by atoms with Crippen LogP contribution in [0.2, 0.25) is 0 Å². The van der Waals surface area contributed by atoms with E-state index >= 15 is 0 Å². The number of hydrogen-bond donors (Lipinski definition) is 2. The lowest BCUT2D eigenvalue weighted by atomic mass is 10.2. The first kappa shape index (κ1) is 19.4. The molecule has 9 heteroatoms. The largest absolute Gasteiger partial charge is 0.462 e. The number of esters is 1. The molecular formula is C16H15Cl3N2O4. The van der Waals surface area contributed by atoms with Gasteiger partial charge in [0.15, 0.2) is 5.76 Å². The normalized spacial score (nSPS) is 12.3. The van der Waals surface area contributed by atoms with Gasteiger partial charge in [-0.2, -0.15) is 0 Å². The highest BCUT2D eigenvalue weighted by molar-refractivity contribution is 6.68. The second-order valence-electron chi connectivity index (χ2n) is 4.87. The number of carbonyl (C=O) groups is 2. The van der Waals surface area contributed by atoms with Crippen molar-refractivity contribution in [2.24, 2.45) is 0 Å². The molecule has 2 N–H and O–H groups in total. The van der Waals surface area contributed by atoms with Crippen molar-refractivity contribution < 1.29 is 18.7 Å². The molecule has 0 unspecified atom stereocenters. The summed E-state index contributed by atoms with van der Waals surface area (Å²) in [7, 11) is 0. The van der Waals surface area contributed by atoms with Crippen LogP contribution in [0, 0.1) is 0 Å². The van der Waals surface area contributed by atoms with Crippen molar-refractivity contribution in [1.29, 1.82) is 0 Å². The number of anilines is 1. The molecule has 1 aromatic heterocycles. The van der Waals surface area contributed by atoms with Crippen LogP contribution in [-0.4, -0.2) is 28.4 Å². The molecular weight excluding hydrogens is 391 g/mol. The highest BCUT2D eigenvalue weighted by atomic mass is 35.6. The van der Waals surface area contributed by atoms with E-state index in [0.717, 1.165) is 0 Å². The molecule has 6 nitrogen and oxygen atoms in total. The van der Waals surface area contributed by atoms with Crippen LogP contribution in [0.25, 0.3) is 0 Å². The van der Waals surface area contributed by atoms with Crippen LogP contribution < -0.4 is 10.6 Å². The van der Waals surface area contributed by atoms with Crippen LogP contribution in [0.5, 0.6) is 0 Å². The molecule has 0 fully saturated rings. The molecule has 0 saturated heterocycles. The summed E-state index contributed by atoms with van der Waals surface area (Å²) in [5.41, 5.74) is 0.918. The van der Waals surface area contributed by atoms with Crippen molar-refractivity contribution in [1.82, 2.24) is 5.32 Å². The SMILES string of the molecule is CCOC(=O)c1ccc(N[C@@H](NC(=O)c2ccco2)C(Cl)(Cl)Cl)cc1. The predicted octanol–water partition coefficient (Wildman–Crippen LogP) is 3.99. The number of furan rings is 1. The highest BCUT2D eigenvalue weighted by Crippen LogP contribution is 2.31. The van der Waals surface area contributed by atoms with Crippen LogP contribution >= 0.6 is 34.8 Å². The zero-order valence-corrected chi connectivity index (χ0v) is 15.4. The minimum atomic E-state index is -1.83. The lowest BCUT2D eigenvalue weighted by Crippen LogP contribution is -2.49. The van der Waals surface area contributed by atoms with Crippen LogP contribution in [-0.2, 0) is 4.74 Å². The number of alkyl halides is 3. The summed E-state index contributed by atoms with van der Waals surface area (Å²) in [6, 6.07) is 9.39. The van der Waals surface area contributed by atoms with Crippen LogP contribution in [0.3, 0.4) is 0 Å². The standard InChI is InChI=1S/C16H15Cl3N2O4/c1-2-24-14(23)10-5-7-11(8-6-10)20-15(16(17,18)19)21-13(22)12-4-3-9-25-12/h3-9,15,20H,2H2,1H3,(H,21,22)/t15-/m0/s1. The summed E-state index contributed by atoms with van der Waals surface area (Å²) >= 11 is 17.8. The molecule has 2 aromatic rings. The van der Waals surface area contributed by atoms with E-state index in [2.05, 4.69) is 10.6 Å². The van der Waals surface area contributed by atoms with E-state index in [4.69, 9.17) is 44.0 Å². The molecule has 0 aliphatic carbocycles. The smallest absolute Gasteiger partial charge is 0.338 e. The summed E-state index contributed by atoms with van der Waals surface area (Å²) in [5, 5.41) is 5.42. The third-order valence-corrected chi connectivity index (χ3v) is 3.71. The fourth-order valence-corrected chi connectivity index (χ4v) is 2.22.